The van der Waals surface area contributed by atoms with Gasteiger partial charge in [0.2, 0.25) is 0 Å². The Hall–Kier alpha value is -0.0900. The van der Waals surface area contributed by atoms with E-state index in [2.05, 4.69) is 6.92 Å². The van der Waals surface area contributed by atoms with Gasteiger partial charge in [0, 0.05) is 12.4 Å². The molecule has 1 fully saturated rings. The second kappa shape index (κ2) is 5.12. The maximum atomic E-state index is 11.5. The summed E-state index contributed by atoms with van der Waals surface area (Å²) in [5.41, 5.74) is 0. The third kappa shape index (κ3) is 2.70. The molecule has 0 bridgehead atoms. The van der Waals surface area contributed by atoms with Crippen LogP contribution in [0.2, 0.25) is 0 Å². The molecule has 0 radical (unpaired) electrons. The number of hydrogen-bond acceptors (Lipinski definition) is 3. The molecule has 0 N–H and O–H groups in total. The van der Waals surface area contributed by atoms with Gasteiger partial charge in [-0.2, -0.15) is 0 Å². The normalized spacial score (nSPS) is 27.3. The Bertz CT molecular complexity index is 259. The molecule has 4 heteroatoms. The molecule has 14 heavy (non-hydrogen) atoms. The third-order valence-electron chi connectivity index (χ3n) is 2.84. The maximum Gasteiger partial charge on any atom is 0.155 e. The summed E-state index contributed by atoms with van der Waals surface area (Å²) in [6, 6.07) is 0. The summed E-state index contributed by atoms with van der Waals surface area (Å²) in [6.45, 7) is 4.51. The zero-order chi connectivity index (χ0) is 10.6. The first-order valence-electron chi connectivity index (χ1n) is 5.45. The summed E-state index contributed by atoms with van der Waals surface area (Å²) >= 11 is 0. The second-order valence-electron chi connectivity index (χ2n) is 3.83. The minimum absolute atomic E-state index is 0.0218. The molecule has 0 unspecified atom stereocenters. The average Bonchev–Trinajstić information content (AvgIpc) is 2.10. The van der Waals surface area contributed by atoms with Crippen molar-refractivity contribution in [3.05, 3.63) is 0 Å². The molecular formula is C10H20O3S. The van der Waals surface area contributed by atoms with Crippen LogP contribution in [-0.4, -0.2) is 32.1 Å². The SMILES string of the molecule is CCCCO[C@H]1CC[C@H]1S(=O)(=O)CC. The van der Waals surface area contributed by atoms with Crippen molar-refractivity contribution in [2.45, 2.75) is 50.9 Å². The molecule has 3 nitrogen and oxygen atoms in total. The standard InChI is InChI=1S/C10H20O3S/c1-3-5-8-13-9-6-7-10(9)14(11,12)4-2/h9-10H,3-8H2,1-2H3/t9-,10+/m0/s1. The van der Waals surface area contributed by atoms with Gasteiger partial charge in [-0.05, 0) is 19.3 Å². The monoisotopic (exact) mass is 220 g/mol. The van der Waals surface area contributed by atoms with Crippen LogP contribution in [0.25, 0.3) is 0 Å². The van der Waals surface area contributed by atoms with Crippen LogP contribution in [0.1, 0.15) is 39.5 Å². The van der Waals surface area contributed by atoms with Gasteiger partial charge in [0.25, 0.3) is 0 Å². The van der Waals surface area contributed by atoms with Crippen LogP contribution in [0.4, 0.5) is 0 Å². The van der Waals surface area contributed by atoms with Gasteiger partial charge in [-0.25, -0.2) is 8.42 Å². The van der Waals surface area contributed by atoms with Gasteiger partial charge in [-0.1, -0.05) is 20.3 Å². The molecule has 0 aromatic heterocycles. The average molecular weight is 220 g/mol. The highest BCUT2D eigenvalue weighted by Gasteiger charge is 2.40. The molecule has 2 atom stereocenters. The van der Waals surface area contributed by atoms with Crippen molar-refractivity contribution < 1.29 is 13.2 Å². The van der Waals surface area contributed by atoms with Crippen LogP contribution in [0, 0.1) is 0 Å². The fourth-order valence-corrected chi connectivity index (χ4v) is 3.23. The first-order valence-corrected chi connectivity index (χ1v) is 7.16. The molecule has 0 aromatic carbocycles. The van der Waals surface area contributed by atoms with Crippen LogP contribution in [0.5, 0.6) is 0 Å². The minimum atomic E-state index is -2.87. The molecule has 1 saturated carbocycles. The molecule has 1 aliphatic rings. The Morgan fingerprint density at radius 3 is 2.43 bits per heavy atom. The van der Waals surface area contributed by atoms with E-state index in [9.17, 15) is 8.42 Å². The summed E-state index contributed by atoms with van der Waals surface area (Å²) in [5.74, 6) is 0.241. The summed E-state index contributed by atoms with van der Waals surface area (Å²) < 4.78 is 28.6. The largest absolute Gasteiger partial charge is 0.377 e. The van der Waals surface area contributed by atoms with Crippen molar-refractivity contribution in [3.8, 4) is 0 Å². The lowest BCUT2D eigenvalue weighted by Crippen LogP contribution is -2.45. The van der Waals surface area contributed by atoms with E-state index in [1.807, 2.05) is 0 Å². The predicted molar refractivity (Wildman–Crippen MR) is 57.1 cm³/mol. The van der Waals surface area contributed by atoms with Crippen molar-refractivity contribution in [1.82, 2.24) is 0 Å². The van der Waals surface area contributed by atoms with Gasteiger partial charge in [0.05, 0.1) is 11.4 Å². The van der Waals surface area contributed by atoms with Crippen molar-refractivity contribution in [1.29, 1.82) is 0 Å². The van der Waals surface area contributed by atoms with Crippen LogP contribution < -0.4 is 0 Å². The molecular weight excluding hydrogens is 200 g/mol. The summed E-state index contributed by atoms with van der Waals surface area (Å²) in [5, 5.41) is -0.218. The topological polar surface area (TPSA) is 43.4 Å². The highest BCUT2D eigenvalue weighted by molar-refractivity contribution is 7.92. The Balaban J connectivity index is 2.35. The predicted octanol–water partition coefficient (Wildman–Crippen LogP) is 1.77. The highest BCUT2D eigenvalue weighted by Crippen LogP contribution is 2.30. The summed E-state index contributed by atoms with van der Waals surface area (Å²) in [4.78, 5) is 0. The quantitative estimate of drug-likeness (QED) is 0.641. The van der Waals surface area contributed by atoms with Gasteiger partial charge < -0.3 is 4.74 Å². The molecule has 0 saturated heterocycles. The molecule has 84 valence electrons. The van der Waals surface area contributed by atoms with E-state index >= 15 is 0 Å². The lowest BCUT2D eigenvalue weighted by Gasteiger charge is -2.35. The number of sulfone groups is 1. The van der Waals surface area contributed by atoms with E-state index in [4.69, 9.17) is 4.74 Å². The van der Waals surface area contributed by atoms with E-state index in [0.29, 0.717) is 6.61 Å². The van der Waals surface area contributed by atoms with E-state index in [1.54, 1.807) is 6.92 Å². The van der Waals surface area contributed by atoms with Gasteiger partial charge in [0.1, 0.15) is 0 Å². The van der Waals surface area contributed by atoms with Crippen molar-refractivity contribution >= 4 is 9.84 Å². The number of unbranched alkanes of at least 4 members (excludes halogenated alkanes) is 1. The molecule has 0 aliphatic heterocycles. The number of ether oxygens (including phenoxy) is 1. The van der Waals surface area contributed by atoms with Gasteiger partial charge in [0.15, 0.2) is 9.84 Å². The smallest absolute Gasteiger partial charge is 0.155 e. The number of rotatable bonds is 6. The fourth-order valence-electron chi connectivity index (χ4n) is 1.63. The van der Waals surface area contributed by atoms with Crippen LogP contribution in [-0.2, 0) is 14.6 Å². The van der Waals surface area contributed by atoms with Crippen LogP contribution >= 0.6 is 0 Å². The van der Waals surface area contributed by atoms with Gasteiger partial charge in [-0.3, -0.25) is 0 Å². The molecule has 0 aromatic rings. The van der Waals surface area contributed by atoms with Crippen molar-refractivity contribution in [3.63, 3.8) is 0 Å². The van der Waals surface area contributed by atoms with Crippen molar-refractivity contribution in [2.75, 3.05) is 12.4 Å². The van der Waals surface area contributed by atoms with E-state index in [-0.39, 0.29) is 17.1 Å². The molecule has 0 spiro atoms. The minimum Gasteiger partial charge on any atom is -0.377 e. The summed E-state index contributed by atoms with van der Waals surface area (Å²) in [7, 11) is -2.87. The lowest BCUT2D eigenvalue weighted by molar-refractivity contribution is 0.00467. The Morgan fingerprint density at radius 1 is 1.29 bits per heavy atom. The lowest BCUT2D eigenvalue weighted by atomic mass is 9.95. The van der Waals surface area contributed by atoms with Gasteiger partial charge >= 0.3 is 0 Å². The van der Waals surface area contributed by atoms with E-state index in [0.717, 1.165) is 25.7 Å². The Labute approximate surface area is 86.8 Å². The third-order valence-corrected chi connectivity index (χ3v) is 5.11. The molecule has 1 aliphatic carbocycles. The summed E-state index contributed by atoms with van der Waals surface area (Å²) in [6.07, 6.45) is 3.79. The Kier molecular flexibility index (Phi) is 4.38. The van der Waals surface area contributed by atoms with E-state index in [1.165, 1.54) is 0 Å². The second-order valence-corrected chi connectivity index (χ2v) is 6.34. The highest BCUT2D eigenvalue weighted by atomic mass is 32.2. The Morgan fingerprint density at radius 2 is 2.00 bits per heavy atom. The first kappa shape index (κ1) is 12.0. The van der Waals surface area contributed by atoms with Gasteiger partial charge in [-0.15, -0.1) is 0 Å². The molecule has 0 heterocycles. The van der Waals surface area contributed by atoms with Crippen molar-refractivity contribution in [2.24, 2.45) is 0 Å². The zero-order valence-electron chi connectivity index (χ0n) is 9.03. The fraction of sp³-hybridized carbons (Fsp3) is 1.00. The van der Waals surface area contributed by atoms with Crippen LogP contribution in [0.15, 0.2) is 0 Å². The van der Waals surface area contributed by atoms with Crippen LogP contribution in [0.3, 0.4) is 0 Å². The molecule has 0 amide bonds. The first-order chi connectivity index (χ1) is 6.61. The maximum absolute atomic E-state index is 11.5. The number of hydrogen-bond donors (Lipinski definition) is 0. The molecule has 1 rings (SSSR count). The van der Waals surface area contributed by atoms with E-state index < -0.39 is 9.84 Å². The zero-order valence-corrected chi connectivity index (χ0v) is 9.85.